The first-order valence-electron chi connectivity index (χ1n) is 9.97. The molecule has 2 aromatic carbocycles. The fraction of sp³-hybridized carbons (Fsp3) is 0.409. The molecule has 2 aromatic rings. The Hall–Kier alpha value is -2.38. The van der Waals surface area contributed by atoms with Gasteiger partial charge in [-0.2, -0.15) is 0 Å². The Bertz CT molecular complexity index is 932. The van der Waals surface area contributed by atoms with E-state index in [1.54, 1.807) is 35.2 Å². The summed E-state index contributed by atoms with van der Waals surface area (Å²) in [5, 5.41) is 0. The van der Waals surface area contributed by atoms with E-state index in [0.717, 1.165) is 30.8 Å². The molecular weight excluding hydrogens is 386 g/mol. The molecule has 0 N–H and O–H groups in total. The minimum absolute atomic E-state index is 0.167. The van der Waals surface area contributed by atoms with Crippen molar-refractivity contribution in [3.63, 3.8) is 0 Å². The number of rotatable bonds is 6. The van der Waals surface area contributed by atoms with E-state index in [1.807, 2.05) is 32.0 Å². The number of nitrogens with zero attached hydrogens (tertiary/aromatic N) is 3. The van der Waals surface area contributed by atoms with Crippen molar-refractivity contribution in [2.75, 3.05) is 43.6 Å². The predicted octanol–water partition coefficient (Wildman–Crippen LogP) is 2.66. The molecule has 3 rings (SSSR count). The summed E-state index contributed by atoms with van der Waals surface area (Å²) in [6.45, 7) is 9.59. The molecule has 156 valence electrons. The van der Waals surface area contributed by atoms with Gasteiger partial charge in [0.2, 0.25) is 5.91 Å². The number of anilines is 1. The topological polar surface area (TPSA) is 60.9 Å². The molecule has 0 saturated carbocycles. The average Bonchev–Trinajstić information content (AvgIpc) is 2.71. The minimum Gasteiger partial charge on any atom is -0.339 e. The van der Waals surface area contributed by atoms with E-state index in [2.05, 4.69) is 11.8 Å². The van der Waals surface area contributed by atoms with Gasteiger partial charge < -0.3 is 9.80 Å². The molecular formula is C22H29N3O3S. The van der Waals surface area contributed by atoms with Crippen LogP contribution in [0.15, 0.2) is 53.4 Å². The van der Waals surface area contributed by atoms with Gasteiger partial charge >= 0.3 is 0 Å². The Morgan fingerprint density at radius 2 is 1.55 bits per heavy atom. The van der Waals surface area contributed by atoms with Gasteiger partial charge in [0.1, 0.15) is 6.54 Å². The van der Waals surface area contributed by atoms with Crippen molar-refractivity contribution in [1.82, 2.24) is 9.80 Å². The summed E-state index contributed by atoms with van der Waals surface area (Å²) in [7, 11) is -3.86. The van der Waals surface area contributed by atoms with E-state index in [1.165, 1.54) is 4.31 Å². The van der Waals surface area contributed by atoms with E-state index in [0.29, 0.717) is 18.8 Å². The monoisotopic (exact) mass is 415 g/mol. The maximum absolute atomic E-state index is 13.4. The molecule has 0 aromatic heterocycles. The fourth-order valence-corrected chi connectivity index (χ4v) is 5.08. The van der Waals surface area contributed by atoms with E-state index < -0.39 is 10.0 Å². The van der Waals surface area contributed by atoms with Crippen LogP contribution >= 0.6 is 0 Å². The van der Waals surface area contributed by atoms with Gasteiger partial charge in [0, 0.05) is 26.2 Å². The minimum atomic E-state index is -3.86. The lowest BCUT2D eigenvalue weighted by molar-refractivity contribution is -0.131. The van der Waals surface area contributed by atoms with E-state index in [9.17, 15) is 13.2 Å². The molecule has 6 nitrogen and oxygen atoms in total. The molecule has 1 aliphatic rings. The summed E-state index contributed by atoms with van der Waals surface area (Å²) in [5.41, 5.74) is 2.43. The number of hydrogen-bond donors (Lipinski definition) is 0. The fourth-order valence-electron chi connectivity index (χ4n) is 3.67. The highest BCUT2D eigenvalue weighted by molar-refractivity contribution is 7.92. The van der Waals surface area contributed by atoms with Crippen molar-refractivity contribution in [3.05, 3.63) is 59.7 Å². The number of piperazine rings is 1. The lowest BCUT2D eigenvalue weighted by atomic mass is 10.1. The summed E-state index contributed by atoms with van der Waals surface area (Å²) in [6.07, 6.45) is 0. The largest absolute Gasteiger partial charge is 0.339 e. The molecule has 0 radical (unpaired) electrons. The number of amides is 1. The summed E-state index contributed by atoms with van der Waals surface area (Å²) in [6, 6.07) is 13.9. The van der Waals surface area contributed by atoms with Gasteiger partial charge in [0.15, 0.2) is 0 Å². The standard InChI is InChI=1S/C22H29N3O3S/c1-4-23-10-12-24(13-11-23)22(26)17-25(20-15-18(2)14-19(3)16-20)29(27,28)21-8-6-5-7-9-21/h5-9,14-16H,4,10-13,17H2,1-3H3. The molecule has 1 aliphatic heterocycles. The third-order valence-electron chi connectivity index (χ3n) is 5.28. The Morgan fingerprint density at radius 1 is 0.966 bits per heavy atom. The third kappa shape index (κ3) is 4.97. The van der Waals surface area contributed by atoms with Crippen molar-refractivity contribution in [3.8, 4) is 0 Å². The number of aryl methyl sites for hydroxylation is 2. The van der Waals surface area contributed by atoms with E-state index >= 15 is 0 Å². The van der Waals surface area contributed by atoms with Crippen molar-refractivity contribution in [2.24, 2.45) is 0 Å². The molecule has 7 heteroatoms. The number of likely N-dealkylation sites (N-methyl/N-ethyl adjacent to an activating group) is 1. The molecule has 29 heavy (non-hydrogen) atoms. The molecule has 0 spiro atoms. The second-order valence-corrected chi connectivity index (χ2v) is 9.35. The summed E-state index contributed by atoms with van der Waals surface area (Å²) in [4.78, 5) is 17.3. The van der Waals surface area contributed by atoms with Crippen LogP contribution in [0.25, 0.3) is 0 Å². The van der Waals surface area contributed by atoms with Gasteiger partial charge in [-0.1, -0.05) is 31.2 Å². The third-order valence-corrected chi connectivity index (χ3v) is 7.06. The van der Waals surface area contributed by atoms with Gasteiger partial charge in [-0.25, -0.2) is 8.42 Å². The number of carbonyl (C=O) groups is 1. The highest BCUT2D eigenvalue weighted by atomic mass is 32.2. The van der Waals surface area contributed by atoms with Crippen LogP contribution in [0, 0.1) is 13.8 Å². The van der Waals surface area contributed by atoms with Crippen molar-refractivity contribution in [1.29, 1.82) is 0 Å². The molecule has 1 heterocycles. The van der Waals surface area contributed by atoms with Gasteiger partial charge in [0.25, 0.3) is 10.0 Å². The van der Waals surface area contributed by atoms with Gasteiger partial charge in [-0.3, -0.25) is 9.10 Å². The second-order valence-electron chi connectivity index (χ2n) is 7.49. The maximum Gasteiger partial charge on any atom is 0.264 e. The predicted molar refractivity (Wildman–Crippen MR) is 116 cm³/mol. The first kappa shape index (κ1) is 21.3. The first-order valence-corrected chi connectivity index (χ1v) is 11.4. The van der Waals surface area contributed by atoms with Crippen LogP contribution in [-0.4, -0.2) is 63.4 Å². The summed E-state index contributed by atoms with van der Waals surface area (Å²) >= 11 is 0. The lowest BCUT2D eigenvalue weighted by Crippen LogP contribution is -2.51. The quantitative estimate of drug-likeness (QED) is 0.728. The molecule has 0 aliphatic carbocycles. The molecule has 1 amide bonds. The van der Waals surface area contributed by atoms with Crippen LogP contribution in [0.2, 0.25) is 0 Å². The Labute approximate surface area is 173 Å². The zero-order valence-corrected chi connectivity index (χ0v) is 18.2. The normalized spacial score (nSPS) is 15.3. The zero-order valence-electron chi connectivity index (χ0n) is 17.3. The van der Waals surface area contributed by atoms with Crippen LogP contribution in [-0.2, 0) is 14.8 Å². The van der Waals surface area contributed by atoms with Crippen LogP contribution in [0.4, 0.5) is 5.69 Å². The van der Waals surface area contributed by atoms with E-state index in [-0.39, 0.29) is 17.3 Å². The van der Waals surface area contributed by atoms with Crippen molar-refractivity contribution in [2.45, 2.75) is 25.7 Å². The van der Waals surface area contributed by atoms with Crippen molar-refractivity contribution < 1.29 is 13.2 Å². The molecule has 1 fully saturated rings. The Balaban J connectivity index is 1.92. The summed E-state index contributed by atoms with van der Waals surface area (Å²) < 4.78 is 28.1. The van der Waals surface area contributed by atoms with Gasteiger partial charge in [0.05, 0.1) is 10.6 Å². The molecule has 1 saturated heterocycles. The number of sulfonamides is 1. The first-order chi connectivity index (χ1) is 13.8. The highest BCUT2D eigenvalue weighted by Gasteiger charge is 2.30. The molecule has 0 bridgehead atoms. The second kappa shape index (κ2) is 8.97. The Kier molecular flexibility index (Phi) is 6.59. The number of carbonyl (C=O) groups excluding carboxylic acids is 1. The highest BCUT2D eigenvalue weighted by Crippen LogP contribution is 2.26. The summed E-state index contributed by atoms with van der Waals surface area (Å²) in [5.74, 6) is -0.167. The maximum atomic E-state index is 13.4. The van der Waals surface area contributed by atoms with E-state index in [4.69, 9.17) is 0 Å². The number of hydrogen-bond acceptors (Lipinski definition) is 4. The van der Waals surface area contributed by atoms with Gasteiger partial charge in [-0.15, -0.1) is 0 Å². The molecule has 0 unspecified atom stereocenters. The van der Waals surface area contributed by atoms with Crippen molar-refractivity contribution >= 4 is 21.6 Å². The van der Waals surface area contributed by atoms with Crippen LogP contribution in [0.3, 0.4) is 0 Å². The SMILES string of the molecule is CCN1CCN(C(=O)CN(c2cc(C)cc(C)c2)S(=O)(=O)c2ccccc2)CC1. The lowest BCUT2D eigenvalue weighted by Gasteiger charge is -2.35. The zero-order chi connectivity index (χ0) is 21.0. The number of benzene rings is 2. The van der Waals surface area contributed by atoms with Gasteiger partial charge in [-0.05, 0) is 55.8 Å². The van der Waals surface area contributed by atoms with Crippen LogP contribution in [0.5, 0.6) is 0 Å². The Morgan fingerprint density at radius 3 is 2.10 bits per heavy atom. The molecule has 0 atom stereocenters. The van der Waals surface area contributed by atoms with Crippen LogP contribution in [0.1, 0.15) is 18.1 Å². The smallest absolute Gasteiger partial charge is 0.264 e. The average molecular weight is 416 g/mol. The van der Waals surface area contributed by atoms with Crippen LogP contribution < -0.4 is 4.31 Å².